The Morgan fingerprint density at radius 3 is 2.40 bits per heavy atom. The van der Waals surface area contributed by atoms with E-state index in [1.165, 1.54) is 40.3 Å². The van der Waals surface area contributed by atoms with E-state index in [1.54, 1.807) is 0 Å². The van der Waals surface area contributed by atoms with E-state index in [0.29, 0.717) is 11.7 Å². The molecule has 2 rings (SSSR count). The lowest BCUT2D eigenvalue weighted by molar-refractivity contribution is -0.750. The monoisotopic (exact) mass is 338 g/mol. The highest BCUT2D eigenvalue weighted by Gasteiger charge is 2.11. The highest BCUT2D eigenvalue weighted by molar-refractivity contribution is 6.06. The van der Waals surface area contributed by atoms with Crippen LogP contribution in [0.3, 0.4) is 0 Å². The molecule has 0 aliphatic carbocycles. The number of carbonyl (C=O) groups excluding carboxylic acids is 1. The van der Waals surface area contributed by atoms with Gasteiger partial charge < -0.3 is 20.5 Å². The first-order valence-corrected chi connectivity index (χ1v) is 6.94. The molecule has 2 amide bonds. The number of nitrogens with zero attached hydrogens (tertiary/aromatic N) is 8. The maximum Gasteiger partial charge on any atom is 0.539 e. The number of hydrazone groups is 1. The van der Waals surface area contributed by atoms with Gasteiger partial charge in [-0.25, -0.2) is 4.79 Å². The van der Waals surface area contributed by atoms with E-state index >= 15 is 0 Å². The number of aryl methyl sites for hydroxylation is 2. The molecule has 126 valence electrons. The Morgan fingerprint density at radius 1 is 1.08 bits per heavy atom. The summed E-state index contributed by atoms with van der Waals surface area (Å²) in [6, 6.07) is -0.335. The number of carbonyl (C=O) groups is 1. The fraction of sp³-hybridized carbons (Fsp3) is 0.267. The number of urea groups is 1. The van der Waals surface area contributed by atoms with Gasteiger partial charge in [0.25, 0.3) is 0 Å². The zero-order chi connectivity index (χ0) is 18.4. The smallest absolute Gasteiger partial charge is 0.369 e. The van der Waals surface area contributed by atoms with Crippen molar-refractivity contribution in [3.63, 3.8) is 0 Å². The van der Waals surface area contributed by atoms with Crippen LogP contribution >= 0.6 is 0 Å². The molecule has 1 aliphatic rings. The summed E-state index contributed by atoms with van der Waals surface area (Å²) < 4.78 is 2.33. The van der Waals surface area contributed by atoms with Gasteiger partial charge >= 0.3 is 11.7 Å². The molecular formula is C15H14N8O2. The van der Waals surface area contributed by atoms with Gasteiger partial charge in [-0.2, -0.15) is 4.79 Å². The van der Waals surface area contributed by atoms with Gasteiger partial charge in [0, 0.05) is 20.2 Å². The van der Waals surface area contributed by atoms with Crippen LogP contribution in [-0.4, -0.2) is 50.9 Å². The summed E-state index contributed by atoms with van der Waals surface area (Å²) >= 11 is 0. The lowest BCUT2D eigenvalue weighted by Crippen LogP contribution is -2.55. The Labute approximate surface area is 142 Å². The van der Waals surface area contributed by atoms with Gasteiger partial charge in [0.15, 0.2) is 0 Å². The molecule has 2 heterocycles. The molecule has 0 bridgehead atoms. The molecule has 0 radical (unpaired) electrons. The van der Waals surface area contributed by atoms with Crippen LogP contribution in [0.25, 0.3) is 11.5 Å². The van der Waals surface area contributed by atoms with Crippen molar-refractivity contribution < 1.29 is 9.48 Å². The van der Waals surface area contributed by atoms with E-state index in [1.807, 2.05) is 0 Å². The molecule has 0 aromatic carbocycles. The average Bonchev–Trinajstić information content (AvgIpc) is 2.56. The number of amidine groups is 1. The molecule has 0 unspecified atom stereocenters. The molecule has 1 aliphatic heterocycles. The largest absolute Gasteiger partial charge is 0.539 e. The van der Waals surface area contributed by atoms with Crippen molar-refractivity contribution >= 4 is 17.9 Å². The quantitative estimate of drug-likeness (QED) is 0.530. The van der Waals surface area contributed by atoms with Crippen molar-refractivity contribution in [1.29, 1.82) is 0 Å². The highest BCUT2D eigenvalue weighted by Crippen LogP contribution is 2.10. The summed E-state index contributed by atoms with van der Waals surface area (Å²) in [5.41, 5.74) is 16.6. The molecule has 0 atom stereocenters. The molecule has 10 heteroatoms. The standard InChI is InChI=1S/C15H14N8O2/c1-20-14(24)21(2)17-12(16-20)10-8-6-5-7-9-11-13-18-22(3)15(25)23(4)19-13/h10-11H,1-4H3. The maximum atomic E-state index is 11.4. The van der Waals surface area contributed by atoms with Gasteiger partial charge in [0.2, 0.25) is 5.82 Å². The third-order valence-corrected chi connectivity index (χ3v) is 2.79. The summed E-state index contributed by atoms with van der Waals surface area (Å²) in [4.78, 5) is 22.9. The van der Waals surface area contributed by atoms with E-state index in [2.05, 4.69) is 49.4 Å². The average molecular weight is 338 g/mol. The second-order valence-electron chi connectivity index (χ2n) is 4.73. The molecule has 1 aromatic heterocycles. The third kappa shape index (κ3) is 4.55. The van der Waals surface area contributed by atoms with E-state index in [4.69, 9.17) is 0 Å². The van der Waals surface area contributed by atoms with Crippen LogP contribution in [-0.2, 0) is 14.1 Å². The molecule has 0 saturated heterocycles. The van der Waals surface area contributed by atoms with Crippen LogP contribution in [0.4, 0.5) is 4.79 Å². The Hall–Kier alpha value is -3.88. The van der Waals surface area contributed by atoms with Crippen molar-refractivity contribution in [2.24, 2.45) is 19.2 Å². The molecule has 25 heavy (non-hydrogen) atoms. The van der Waals surface area contributed by atoms with Gasteiger partial charge in [0.05, 0.1) is 0 Å². The molecule has 10 nitrogen and oxygen atoms in total. The van der Waals surface area contributed by atoms with Crippen LogP contribution in [0, 0.1) is 0 Å². The summed E-state index contributed by atoms with van der Waals surface area (Å²) in [5, 5.41) is 14.1. The summed E-state index contributed by atoms with van der Waals surface area (Å²) in [5.74, 6) is 0.592. The number of hydrogen-bond acceptors (Lipinski definition) is 5. The molecule has 0 spiro atoms. The molecule has 0 N–H and O–H groups in total. The molecule has 1 aromatic rings. The second-order valence-corrected chi connectivity index (χ2v) is 4.73. The lowest BCUT2D eigenvalue weighted by atomic mass is 10.5. The van der Waals surface area contributed by atoms with E-state index in [9.17, 15) is 9.59 Å². The Bertz CT molecular complexity index is 978. The van der Waals surface area contributed by atoms with Gasteiger partial charge in [-0.3, -0.25) is 0 Å². The van der Waals surface area contributed by atoms with Crippen LogP contribution in [0.2, 0.25) is 0 Å². The van der Waals surface area contributed by atoms with Gasteiger partial charge in [-0.15, -0.1) is 0 Å². The number of rotatable bonds is 2. The zero-order valence-electron chi connectivity index (χ0n) is 14.0. The molecule has 0 fully saturated rings. The first-order chi connectivity index (χ1) is 11.9. The van der Waals surface area contributed by atoms with E-state index < -0.39 is 0 Å². The van der Waals surface area contributed by atoms with E-state index in [0.717, 1.165) is 19.4 Å². The topological polar surface area (TPSA) is 102 Å². The van der Waals surface area contributed by atoms with Crippen molar-refractivity contribution in [3.05, 3.63) is 56.5 Å². The lowest BCUT2D eigenvalue weighted by Gasteiger charge is -2.37. The van der Waals surface area contributed by atoms with Gasteiger partial charge in [-0.1, -0.05) is 31.0 Å². The maximum absolute atomic E-state index is 11.4. The van der Waals surface area contributed by atoms with Crippen LogP contribution < -0.4 is 10.4 Å². The Morgan fingerprint density at radius 2 is 1.76 bits per heavy atom. The van der Waals surface area contributed by atoms with Crippen LogP contribution in [0.5, 0.6) is 0 Å². The minimum absolute atomic E-state index is 0.296. The normalized spacial score (nSPS) is 12.6. The summed E-state index contributed by atoms with van der Waals surface area (Å²) in [6.45, 7) is 0. The first kappa shape index (κ1) is 17.5. The Kier molecular flexibility index (Phi) is 5.31. The van der Waals surface area contributed by atoms with Crippen molar-refractivity contribution in [2.45, 2.75) is 0 Å². The fourth-order valence-corrected chi connectivity index (χ4v) is 1.66. The van der Waals surface area contributed by atoms with Gasteiger partial charge in [0.1, 0.15) is 14.1 Å². The van der Waals surface area contributed by atoms with Crippen molar-refractivity contribution in [2.75, 3.05) is 14.1 Å². The number of aromatic nitrogens is 4. The Balaban J connectivity index is 2.21. The second kappa shape index (κ2) is 7.59. The van der Waals surface area contributed by atoms with Crippen LogP contribution in [0.1, 0.15) is 5.82 Å². The summed E-state index contributed by atoms with van der Waals surface area (Å²) in [7, 11) is 6.09. The number of hydrogen-bond donors (Lipinski definition) is 0. The SMILES string of the molecule is CN1N=C(C=C=C=C=C=C=Cc2nn(C)c(=O)[n+](C)n2)[N-]N(C)C1=O. The van der Waals surface area contributed by atoms with Crippen molar-refractivity contribution in [3.8, 4) is 0 Å². The first-order valence-electron chi connectivity index (χ1n) is 6.94. The highest BCUT2D eigenvalue weighted by atomic mass is 16.2. The van der Waals surface area contributed by atoms with E-state index in [-0.39, 0.29) is 11.7 Å². The minimum Gasteiger partial charge on any atom is -0.369 e. The van der Waals surface area contributed by atoms with Gasteiger partial charge in [-0.05, 0) is 29.1 Å². The minimum atomic E-state index is -0.335. The summed E-state index contributed by atoms with van der Waals surface area (Å²) in [6.07, 6.45) is 2.88. The predicted molar refractivity (Wildman–Crippen MR) is 86.8 cm³/mol. The number of amides is 2. The fourth-order valence-electron chi connectivity index (χ4n) is 1.66. The molecular weight excluding hydrogens is 324 g/mol. The predicted octanol–water partition coefficient (Wildman–Crippen LogP) is -0.612. The van der Waals surface area contributed by atoms with Crippen LogP contribution in [0.15, 0.2) is 44.6 Å². The van der Waals surface area contributed by atoms with Crippen molar-refractivity contribution in [1.82, 2.24) is 24.9 Å². The third-order valence-electron chi connectivity index (χ3n) is 2.79. The molecule has 0 saturated carbocycles. The zero-order valence-corrected chi connectivity index (χ0v) is 14.0.